The smallest absolute Gasteiger partial charge is 0.128 e. The zero-order chi connectivity index (χ0) is 10.8. The zero-order valence-corrected chi connectivity index (χ0v) is 10.7. The van der Waals surface area contributed by atoms with E-state index in [-0.39, 0.29) is 0 Å². The van der Waals surface area contributed by atoms with Crippen LogP contribution in [0.3, 0.4) is 0 Å². The average Bonchev–Trinajstić information content (AvgIpc) is 2.60. The minimum atomic E-state index is 0.566. The van der Waals surface area contributed by atoms with Crippen LogP contribution in [0, 0.1) is 14.9 Å². The minimum absolute atomic E-state index is 0.566. The Hall–Kier alpha value is -1.06. The number of thiophene rings is 1. The molecule has 0 fully saturated rings. The van der Waals surface area contributed by atoms with E-state index in [1.54, 1.807) is 0 Å². The number of nitriles is 1. The van der Waals surface area contributed by atoms with Crippen molar-refractivity contribution in [1.82, 2.24) is 0 Å². The Morgan fingerprint density at radius 2 is 2.13 bits per heavy atom. The van der Waals surface area contributed by atoms with Gasteiger partial charge in [0.2, 0.25) is 0 Å². The van der Waals surface area contributed by atoms with Gasteiger partial charge in [0, 0.05) is 8.45 Å². The number of benzene rings is 1. The summed E-state index contributed by atoms with van der Waals surface area (Å²) >= 11 is 3.70. The van der Waals surface area contributed by atoms with Crippen LogP contribution in [0.2, 0.25) is 0 Å². The van der Waals surface area contributed by atoms with E-state index in [4.69, 9.17) is 11.0 Å². The van der Waals surface area contributed by atoms with E-state index in [9.17, 15) is 0 Å². The molecule has 0 radical (unpaired) electrons. The molecule has 15 heavy (non-hydrogen) atoms. The van der Waals surface area contributed by atoms with Crippen molar-refractivity contribution in [3.8, 4) is 16.5 Å². The van der Waals surface area contributed by atoms with E-state index in [1.165, 1.54) is 14.9 Å². The van der Waals surface area contributed by atoms with Gasteiger partial charge in [-0.05, 0) is 46.4 Å². The molecule has 2 nitrogen and oxygen atoms in total. The highest BCUT2D eigenvalue weighted by Crippen LogP contribution is 2.33. The molecule has 1 heterocycles. The van der Waals surface area contributed by atoms with Crippen LogP contribution in [0.15, 0.2) is 30.3 Å². The predicted molar refractivity (Wildman–Crippen MR) is 71.6 cm³/mol. The Morgan fingerprint density at radius 3 is 2.73 bits per heavy atom. The summed E-state index contributed by atoms with van der Waals surface area (Å²) in [5, 5.41) is 8.81. The molecule has 0 saturated carbocycles. The van der Waals surface area contributed by atoms with Crippen molar-refractivity contribution in [3.05, 3.63) is 38.8 Å². The highest BCUT2D eigenvalue weighted by molar-refractivity contribution is 14.1. The topological polar surface area (TPSA) is 49.8 Å². The van der Waals surface area contributed by atoms with Gasteiger partial charge in [0.1, 0.15) is 10.9 Å². The van der Waals surface area contributed by atoms with E-state index >= 15 is 0 Å². The molecule has 0 amide bonds. The van der Waals surface area contributed by atoms with Gasteiger partial charge < -0.3 is 5.73 Å². The number of hydrogen-bond acceptors (Lipinski definition) is 3. The second-order valence-corrected chi connectivity index (χ2v) is 5.32. The fraction of sp³-hybridized carbons (Fsp3) is 0. The third kappa shape index (κ3) is 2.13. The first-order valence-corrected chi connectivity index (χ1v) is 6.15. The molecule has 0 aliphatic rings. The lowest BCUT2D eigenvalue weighted by atomic mass is 10.2. The highest BCUT2D eigenvalue weighted by atomic mass is 127. The molecular formula is C11H7IN2S. The number of nitrogens with two attached hydrogens (primary N) is 1. The van der Waals surface area contributed by atoms with Gasteiger partial charge in [0.25, 0.3) is 0 Å². The van der Waals surface area contributed by atoms with E-state index in [2.05, 4.69) is 34.7 Å². The monoisotopic (exact) mass is 326 g/mol. The van der Waals surface area contributed by atoms with Crippen LogP contribution < -0.4 is 5.73 Å². The Kier molecular flexibility index (Phi) is 2.93. The Balaban J connectivity index is 2.51. The van der Waals surface area contributed by atoms with Crippen molar-refractivity contribution in [2.45, 2.75) is 0 Å². The summed E-state index contributed by atoms with van der Waals surface area (Å²) < 4.78 is 1.18. The predicted octanol–water partition coefficient (Wildman–Crippen LogP) is 3.47. The molecular weight excluding hydrogens is 319 g/mol. The van der Waals surface area contributed by atoms with Crippen LogP contribution in [0.1, 0.15) is 4.88 Å². The van der Waals surface area contributed by atoms with Crippen LogP contribution in [-0.2, 0) is 0 Å². The Bertz CT molecular complexity index is 540. The maximum absolute atomic E-state index is 8.81. The molecule has 0 spiro atoms. The first-order valence-electron chi connectivity index (χ1n) is 4.26. The normalized spacial score (nSPS) is 9.87. The number of nitrogens with zero attached hydrogens (tertiary/aromatic N) is 1. The molecule has 1 aromatic heterocycles. The van der Waals surface area contributed by atoms with Crippen LogP contribution in [0.4, 0.5) is 5.69 Å². The number of hydrogen-bond donors (Lipinski definition) is 1. The van der Waals surface area contributed by atoms with E-state index in [0.29, 0.717) is 10.6 Å². The molecule has 2 N–H and O–H groups in total. The number of rotatable bonds is 1. The summed E-state index contributed by atoms with van der Waals surface area (Å²) in [7, 11) is 0. The highest BCUT2D eigenvalue weighted by Gasteiger charge is 2.07. The SMILES string of the molecule is N#Cc1sc(-c2cccc(I)c2)cc1N. The summed E-state index contributed by atoms with van der Waals surface area (Å²) in [5.41, 5.74) is 7.39. The van der Waals surface area contributed by atoms with E-state index in [0.717, 1.165) is 10.4 Å². The zero-order valence-electron chi connectivity index (χ0n) is 7.70. The van der Waals surface area contributed by atoms with Crippen molar-refractivity contribution in [3.63, 3.8) is 0 Å². The van der Waals surface area contributed by atoms with Crippen LogP contribution in [0.5, 0.6) is 0 Å². The van der Waals surface area contributed by atoms with Crippen LogP contribution in [-0.4, -0.2) is 0 Å². The average molecular weight is 326 g/mol. The summed E-state index contributed by atoms with van der Waals surface area (Å²) in [6.45, 7) is 0. The van der Waals surface area contributed by atoms with Gasteiger partial charge in [-0.25, -0.2) is 0 Å². The van der Waals surface area contributed by atoms with Crippen molar-refractivity contribution >= 4 is 39.6 Å². The third-order valence-corrected chi connectivity index (χ3v) is 3.75. The maximum atomic E-state index is 8.81. The molecule has 2 rings (SSSR count). The minimum Gasteiger partial charge on any atom is -0.397 e. The van der Waals surface area contributed by atoms with Gasteiger partial charge in [-0.3, -0.25) is 0 Å². The first kappa shape index (κ1) is 10.5. The quantitative estimate of drug-likeness (QED) is 0.816. The maximum Gasteiger partial charge on any atom is 0.128 e. The molecule has 1 aromatic carbocycles. The molecule has 0 saturated heterocycles. The van der Waals surface area contributed by atoms with Gasteiger partial charge in [-0.1, -0.05) is 12.1 Å². The fourth-order valence-corrected chi connectivity index (χ4v) is 2.69. The number of nitrogen functional groups attached to an aromatic ring is 1. The number of halogens is 1. The lowest BCUT2D eigenvalue weighted by molar-refractivity contribution is 1.52. The fourth-order valence-electron chi connectivity index (χ4n) is 1.28. The third-order valence-electron chi connectivity index (χ3n) is 1.97. The van der Waals surface area contributed by atoms with Crippen molar-refractivity contribution in [2.75, 3.05) is 5.73 Å². The van der Waals surface area contributed by atoms with Gasteiger partial charge in [0.15, 0.2) is 0 Å². The second-order valence-electron chi connectivity index (χ2n) is 3.02. The van der Waals surface area contributed by atoms with Gasteiger partial charge >= 0.3 is 0 Å². The summed E-state index contributed by atoms with van der Waals surface area (Å²) in [4.78, 5) is 1.63. The van der Waals surface area contributed by atoms with Gasteiger partial charge in [-0.15, -0.1) is 11.3 Å². The second kappa shape index (κ2) is 4.21. The Labute approximate surface area is 105 Å². The molecule has 74 valence electrons. The van der Waals surface area contributed by atoms with Crippen LogP contribution in [0.25, 0.3) is 10.4 Å². The molecule has 0 bridgehead atoms. The van der Waals surface area contributed by atoms with Crippen molar-refractivity contribution < 1.29 is 0 Å². The van der Waals surface area contributed by atoms with Crippen LogP contribution >= 0.6 is 33.9 Å². The largest absolute Gasteiger partial charge is 0.397 e. The lowest BCUT2D eigenvalue weighted by Crippen LogP contribution is -1.81. The summed E-state index contributed by atoms with van der Waals surface area (Å²) in [6.07, 6.45) is 0. The van der Waals surface area contributed by atoms with E-state index < -0.39 is 0 Å². The molecule has 0 aliphatic carbocycles. The van der Waals surface area contributed by atoms with Crippen molar-refractivity contribution in [1.29, 1.82) is 5.26 Å². The van der Waals surface area contributed by atoms with Crippen molar-refractivity contribution in [2.24, 2.45) is 0 Å². The molecule has 4 heteroatoms. The van der Waals surface area contributed by atoms with E-state index in [1.807, 2.05) is 24.3 Å². The number of anilines is 1. The summed E-state index contributed by atoms with van der Waals surface area (Å²) in [5.74, 6) is 0. The molecule has 0 unspecified atom stereocenters. The molecule has 2 aromatic rings. The standard InChI is InChI=1S/C11H7IN2S/c12-8-3-1-2-7(4-8)10-5-9(14)11(6-13)15-10/h1-5H,14H2. The lowest BCUT2D eigenvalue weighted by Gasteiger charge is -1.96. The molecule has 0 atom stereocenters. The molecule has 0 aliphatic heterocycles. The summed E-state index contributed by atoms with van der Waals surface area (Å²) in [6, 6.07) is 12.1. The Morgan fingerprint density at radius 1 is 1.33 bits per heavy atom. The first-order chi connectivity index (χ1) is 7.20. The van der Waals surface area contributed by atoms with Gasteiger partial charge in [0.05, 0.1) is 5.69 Å². The van der Waals surface area contributed by atoms with Gasteiger partial charge in [-0.2, -0.15) is 5.26 Å².